The summed E-state index contributed by atoms with van der Waals surface area (Å²) in [7, 11) is 1.97. The zero-order valence-electron chi connectivity index (χ0n) is 8.66. The van der Waals surface area contributed by atoms with Crippen molar-refractivity contribution in [1.29, 1.82) is 10.5 Å². The van der Waals surface area contributed by atoms with E-state index in [1.54, 1.807) is 10.8 Å². The Morgan fingerprint density at radius 3 is 1.53 bits per heavy atom. The molecule has 13 heteroatoms. The van der Waals surface area contributed by atoms with Gasteiger partial charge in [-0.1, -0.05) is 8.64 Å². The quantitative estimate of drug-likeness (QED) is 0.183. The first-order valence-electron chi connectivity index (χ1n) is 3.63. The van der Waals surface area contributed by atoms with Gasteiger partial charge < -0.3 is 60.3 Å². The Labute approximate surface area is 168 Å². The summed E-state index contributed by atoms with van der Waals surface area (Å²) in [6, 6.07) is 0. The van der Waals surface area contributed by atoms with Crippen LogP contribution in [0.25, 0.3) is 0 Å². The maximum Gasteiger partial charge on any atom is 1.00 e. The Morgan fingerprint density at radius 2 is 1.32 bits per heavy atom. The third-order valence-corrected chi connectivity index (χ3v) is 3.79. The minimum Gasteiger partial charge on any atom is -0.412 e. The van der Waals surface area contributed by atoms with Gasteiger partial charge in [0.2, 0.25) is 0 Å². The minimum absolute atomic E-state index is 0. The van der Waals surface area contributed by atoms with Crippen LogP contribution in [0.1, 0.15) is 0 Å². The zero-order valence-corrected chi connectivity index (χ0v) is 16.4. The van der Waals surface area contributed by atoms with Gasteiger partial charge in [-0.15, -0.1) is 0 Å². The van der Waals surface area contributed by atoms with E-state index in [2.05, 4.69) is 60.3 Å². The number of nitrogens with one attached hydrogen (secondary N) is 2. The van der Waals surface area contributed by atoms with Gasteiger partial charge >= 0.3 is 88.5 Å². The van der Waals surface area contributed by atoms with Gasteiger partial charge in [0, 0.05) is 13.1 Å². The van der Waals surface area contributed by atoms with Crippen LogP contribution in [0.4, 0.5) is 0 Å². The average Bonchev–Trinajstić information content (AvgIpc) is 2.26. The summed E-state index contributed by atoms with van der Waals surface area (Å²) < 4.78 is 0.745. The van der Waals surface area contributed by atoms with Crippen LogP contribution in [0.15, 0.2) is 0 Å². The standard InChI is InChI=1S/C4H8N2S4.2CHNS.3Cu/c7-3(8)5-1-2-6-4(9)10;2*2-1-3;;;/h1-2H2,(H2,5,7,8)(H2,6,9,10);2*3H;;;/q;;;2*+1;+2/p-4. The molecule has 2 N–H and O–H groups in total. The summed E-state index contributed by atoms with van der Waals surface area (Å²) >= 11 is 19.6. The Balaban J connectivity index is -0.000000112. The molecule has 119 valence electrons. The summed E-state index contributed by atoms with van der Waals surface area (Å²) in [5.41, 5.74) is 0. The predicted octanol–water partition coefficient (Wildman–Crippen LogP) is 1.15. The summed E-state index contributed by atoms with van der Waals surface area (Å²) in [5, 5.41) is 24.9. The largest absolute Gasteiger partial charge is 1.00 e. The molecule has 0 spiro atoms. The molecule has 0 unspecified atom stereocenters. The normalized spacial score (nSPS) is 7.05. The van der Waals surface area contributed by atoms with Crippen molar-refractivity contribution in [2.24, 2.45) is 0 Å². The molecule has 0 fully saturated rings. The molecule has 19 heavy (non-hydrogen) atoms. The number of hydrogen-bond acceptors (Lipinski definition) is 8. The third kappa shape index (κ3) is 38.2. The predicted molar refractivity (Wildman–Crippen MR) is 82.3 cm³/mol. The van der Waals surface area contributed by atoms with Crippen molar-refractivity contribution in [3.05, 3.63) is 0 Å². The molecule has 0 aromatic heterocycles. The second-order valence-corrected chi connectivity index (χ2v) is 7.51. The van der Waals surface area contributed by atoms with E-state index in [-0.39, 0.29) is 34.1 Å². The van der Waals surface area contributed by atoms with Crippen molar-refractivity contribution in [3.63, 3.8) is 0 Å². The Bertz CT molecular complexity index is 287. The van der Waals surface area contributed by atoms with E-state index in [1.165, 1.54) is 12.7 Å². The van der Waals surface area contributed by atoms with Gasteiger partial charge in [-0.3, -0.25) is 0 Å². The zero-order chi connectivity index (χ0) is 13.5. The number of thiocarbonyl (C=S) groups is 2. The van der Waals surface area contributed by atoms with Crippen LogP contribution in [0.2, 0.25) is 0 Å². The first-order chi connectivity index (χ1) is 8.04. The van der Waals surface area contributed by atoms with Crippen LogP contribution in [-0.2, 0) is 72.1 Å². The fourth-order valence-corrected chi connectivity index (χ4v) is 2.04. The van der Waals surface area contributed by atoms with Crippen LogP contribution < -0.4 is 10.6 Å². The van der Waals surface area contributed by atoms with E-state index in [4.69, 9.17) is 10.5 Å². The first kappa shape index (κ1) is 28.6. The molecule has 0 radical (unpaired) electrons. The Hall–Kier alpha value is 1.46. The minimum atomic E-state index is 0. The Morgan fingerprint density at radius 1 is 1.00 bits per heavy atom. The van der Waals surface area contributed by atoms with Gasteiger partial charge in [0.05, 0.1) is 0 Å². The first-order valence-corrected chi connectivity index (χ1v) is 8.87. The van der Waals surface area contributed by atoms with Gasteiger partial charge in [-0.25, -0.2) is 0 Å². The average molecular weight is 517 g/mol. The van der Waals surface area contributed by atoms with Crippen molar-refractivity contribution in [2.75, 3.05) is 13.1 Å². The molecule has 0 aliphatic rings. The van der Waals surface area contributed by atoms with E-state index in [0.717, 1.165) is 20.4 Å². The number of nitrogens with zero attached hydrogens (tertiary/aromatic N) is 2. The smallest absolute Gasteiger partial charge is 0.412 e. The number of nitriles is 2. The van der Waals surface area contributed by atoms with E-state index in [0.29, 0.717) is 21.7 Å². The van der Waals surface area contributed by atoms with Crippen LogP contribution in [0.5, 0.6) is 0 Å². The number of thiocyanates is 2. The fraction of sp³-hybridized carbons (Fsp3) is 0.333. The van der Waals surface area contributed by atoms with Crippen molar-refractivity contribution < 1.29 is 46.9 Å². The Kier molecular flexibility index (Phi) is 36.8. The summed E-state index contributed by atoms with van der Waals surface area (Å²) in [6.07, 6.45) is 0. The molecular weight excluding hydrogens is 511 g/mol. The topological polar surface area (TPSA) is 71.6 Å². The molecule has 0 aromatic rings. The molecule has 0 aliphatic carbocycles. The molecule has 0 saturated heterocycles. The van der Waals surface area contributed by atoms with Crippen LogP contribution >= 0.6 is 44.8 Å². The van der Waals surface area contributed by atoms with Gasteiger partial charge in [-0.05, 0) is 0 Å². The third-order valence-electron chi connectivity index (χ3n) is 0.769. The van der Waals surface area contributed by atoms with Crippen LogP contribution in [0.3, 0.4) is 0 Å². The maximum absolute atomic E-state index is 7.86. The maximum atomic E-state index is 7.86. The molecule has 0 heterocycles. The summed E-state index contributed by atoms with van der Waals surface area (Å²) in [6.45, 7) is 1.33. The molecule has 0 aliphatic heterocycles. The van der Waals surface area contributed by atoms with Crippen molar-refractivity contribution in [2.45, 2.75) is 0 Å². The summed E-state index contributed by atoms with van der Waals surface area (Å²) in [4.78, 5) is 0. The van der Waals surface area contributed by atoms with Crippen molar-refractivity contribution >= 4 is 78.7 Å². The van der Waals surface area contributed by atoms with E-state index >= 15 is 0 Å². The molecule has 0 saturated carbocycles. The molecule has 0 rings (SSSR count). The molecule has 0 amide bonds. The molecule has 0 bridgehead atoms. The van der Waals surface area contributed by atoms with Crippen molar-refractivity contribution in [3.8, 4) is 10.8 Å². The molecular formula is C6H6Cu3N4S6. The van der Waals surface area contributed by atoms with Crippen LogP contribution in [-0.4, -0.2) is 21.7 Å². The van der Waals surface area contributed by atoms with Crippen molar-refractivity contribution in [1.82, 2.24) is 10.6 Å². The second kappa shape index (κ2) is 24.5. The van der Waals surface area contributed by atoms with E-state index in [9.17, 15) is 0 Å². The SMILES string of the molecule is N#C[S][Cu][S]C#N.S=C([S-])NCCNC(=S)[S-].[Cu+].[Cu+]. The van der Waals surface area contributed by atoms with Gasteiger partial charge in [0.1, 0.15) is 0 Å². The fourth-order valence-electron chi connectivity index (χ4n) is 0.364. The summed E-state index contributed by atoms with van der Waals surface area (Å²) in [5.74, 6) is 0. The molecule has 0 atom stereocenters. The number of rotatable bonds is 5. The number of hydrogen-bond donors (Lipinski definition) is 2. The second-order valence-electron chi connectivity index (χ2n) is 1.78. The van der Waals surface area contributed by atoms with Gasteiger partial charge in [0.15, 0.2) is 0 Å². The molecule has 4 nitrogen and oxygen atoms in total. The van der Waals surface area contributed by atoms with Gasteiger partial charge in [0.25, 0.3) is 0 Å². The van der Waals surface area contributed by atoms with E-state index in [1.807, 2.05) is 0 Å². The van der Waals surface area contributed by atoms with Gasteiger partial charge in [-0.2, -0.15) is 0 Å². The van der Waals surface area contributed by atoms with E-state index < -0.39 is 0 Å². The van der Waals surface area contributed by atoms with Crippen LogP contribution in [0, 0.1) is 21.3 Å². The molecule has 0 aromatic carbocycles. The monoisotopic (exact) mass is 515 g/mol.